The Bertz CT molecular complexity index is 592. The zero-order chi connectivity index (χ0) is 15.8. The van der Waals surface area contributed by atoms with Crippen LogP contribution < -0.4 is 23.6 Å². The Balaban J connectivity index is 0. The van der Waals surface area contributed by atoms with Crippen molar-refractivity contribution in [3.05, 3.63) is 65.7 Å². The molecule has 3 N–H and O–H groups in total. The van der Waals surface area contributed by atoms with E-state index in [-0.39, 0.29) is 25.8 Å². The van der Waals surface area contributed by atoms with Crippen LogP contribution in [0.3, 0.4) is 0 Å². The molecular weight excluding hydrogens is 303 g/mol. The topological polar surface area (TPSA) is 87.3 Å². The third kappa shape index (κ3) is 7.20. The van der Waals surface area contributed by atoms with E-state index in [1.807, 2.05) is 54.6 Å². The molecule has 0 amide bonds. The van der Waals surface area contributed by atoms with Crippen LogP contribution in [0.25, 0.3) is 0 Å². The standard InChI is InChI=1S/C18H20O4.Li.H2O.H/c1-2-21-17(18(19)20)12-14-8-10-16(11-9-14)22-13-15-6-4-3-5-7-15;;;/h3-11,17H,2,12-13H2,1H3,(H,19,20);;1H2;/q;+1;;-1. The number of benzene rings is 2. The van der Waals surface area contributed by atoms with E-state index in [9.17, 15) is 4.79 Å². The summed E-state index contributed by atoms with van der Waals surface area (Å²) < 4.78 is 10.9. The quantitative estimate of drug-likeness (QED) is 0.668. The number of carboxylic acid groups (broad SMARTS) is 1. The number of ether oxygens (including phenoxy) is 2. The largest absolute Gasteiger partial charge is 1.00 e. The van der Waals surface area contributed by atoms with Gasteiger partial charge in [-0.1, -0.05) is 42.5 Å². The molecule has 0 saturated heterocycles. The number of carbonyl (C=O) groups is 1. The summed E-state index contributed by atoms with van der Waals surface area (Å²) in [6.45, 7) is 2.68. The first-order valence-corrected chi connectivity index (χ1v) is 7.29. The van der Waals surface area contributed by atoms with Crippen molar-refractivity contribution >= 4 is 5.97 Å². The first-order chi connectivity index (χ1) is 10.7. The van der Waals surface area contributed by atoms with Crippen molar-refractivity contribution in [2.45, 2.75) is 26.1 Å². The summed E-state index contributed by atoms with van der Waals surface area (Å²) in [5.41, 5.74) is 2.02. The van der Waals surface area contributed by atoms with Crippen LogP contribution in [-0.2, 0) is 22.6 Å². The fourth-order valence-electron chi connectivity index (χ4n) is 2.10. The smallest absolute Gasteiger partial charge is 1.00 e. The van der Waals surface area contributed by atoms with Crippen LogP contribution >= 0.6 is 0 Å². The van der Waals surface area contributed by atoms with Crippen molar-refractivity contribution in [3.63, 3.8) is 0 Å². The van der Waals surface area contributed by atoms with Gasteiger partial charge in [0.15, 0.2) is 6.10 Å². The molecule has 6 heteroatoms. The first-order valence-electron chi connectivity index (χ1n) is 7.29. The molecule has 0 saturated carbocycles. The van der Waals surface area contributed by atoms with Crippen molar-refractivity contribution in [2.24, 2.45) is 0 Å². The number of rotatable bonds is 8. The van der Waals surface area contributed by atoms with Gasteiger partial charge in [-0.25, -0.2) is 4.79 Å². The van der Waals surface area contributed by atoms with Gasteiger partial charge < -0.3 is 21.5 Å². The SMILES string of the molecule is CCOC(Cc1ccc(OCc2ccccc2)cc1)C(=O)O.O.[H-].[Li+]. The number of carboxylic acids is 1. The Morgan fingerprint density at radius 1 is 1.08 bits per heavy atom. The maximum Gasteiger partial charge on any atom is 1.00 e. The van der Waals surface area contributed by atoms with Gasteiger partial charge in [0.05, 0.1) is 0 Å². The van der Waals surface area contributed by atoms with Crippen molar-refractivity contribution < 1.29 is 45.1 Å². The molecule has 5 nitrogen and oxygen atoms in total. The molecule has 0 aliphatic carbocycles. The van der Waals surface area contributed by atoms with Gasteiger partial charge in [0.1, 0.15) is 12.4 Å². The summed E-state index contributed by atoms with van der Waals surface area (Å²) >= 11 is 0. The molecule has 0 aromatic heterocycles. The summed E-state index contributed by atoms with van der Waals surface area (Å²) in [6, 6.07) is 17.4. The predicted octanol–water partition coefficient (Wildman–Crippen LogP) is -0.410. The maximum absolute atomic E-state index is 11.1. The van der Waals surface area contributed by atoms with Gasteiger partial charge in [0, 0.05) is 13.0 Å². The van der Waals surface area contributed by atoms with E-state index < -0.39 is 12.1 Å². The van der Waals surface area contributed by atoms with Crippen LogP contribution in [0, 0.1) is 0 Å². The van der Waals surface area contributed by atoms with Crippen LogP contribution in [-0.4, -0.2) is 29.3 Å². The van der Waals surface area contributed by atoms with Crippen molar-refractivity contribution in [2.75, 3.05) is 6.61 Å². The summed E-state index contributed by atoms with van der Waals surface area (Å²) in [5.74, 6) is -0.179. The molecule has 2 aromatic carbocycles. The normalized spacial score (nSPS) is 10.9. The minimum atomic E-state index is -0.939. The predicted molar refractivity (Wildman–Crippen MR) is 88.7 cm³/mol. The molecule has 0 fully saturated rings. The molecule has 1 unspecified atom stereocenters. The average molecular weight is 326 g/mol. The number of hydrogen-bond donors (Lipinski definition) is 1. The van der Waals surface area contributed by atoms with Crippen molar-refractivity contribution in [3.8, 4) is 5.75 Å². The first kappa shape index (κ1) is 22.2. The third-order valence-corrected chi connectivity index (χ3v) is 3.24. The molecule has 0 radical (unpaired) electrons. The summed E-state index contributed by atoms with van der Waals surface area (Å²) in [4.78, 5) is 11.1. The van der Waals surface area contributed by atoms with Gasteiger partial charge in [-0.15, -0.1) is 0 Å². The molecule has 2 aromatic rings. The Labute approximate surface area is 155 Å². The summed E-state index contributed by atoms with van der Waals surface area (Å²) in [6.07, 6.45) is -0.455. The number of hydrogen-bond acceptors (Lipinski definition) is 3. The molecule has 126 valence electrons. The molecule has 0 aliphatic rings. The summed E-state index contributed by atoms with van der Waals surface area (Å²) in [5, 5.41) is 9.08. The van der Waals surface area contributed by atoms with Crippen LogP contribution in [0.15, 0.2) is 54.6 Å². The fraction of sp³-hybridized carbons (Fsp3) is 0.278. The Hall–Kier alpha value is -1.77. The van der Waals surface area contributed by atoms with Crippen molar-refractivity contribution in [1.82, 2.24) is 0 Å². The van der Waals surface area contributed by atoms with E-state index >= 15 is 0 Å². The molecular formula is C18H23LiO5. The van der Waals surface area contributed by atoms with Crippen molar-refractivity contribution in [1.29, 1.82) is 0 Å². The van der Waals surface area contributed by atoms with E-state index in [1.165, 1.54) is 0 Å². The Kier molecular flexibility index (Phi) is 10.9. The molecule has 24 heavy (non-hydrogen) atoms. The van der Waals surface area contributed by atoms with Crippen LogP contribution in [0.2, 0.25) is 0 Å². The second-order valence-corrected chi connectivity index (χ2v) is 4.90. The second-order valence-electron chi connectivity index (χ2n) is 4.90. The summed E-state index contributed by atoms with van der Waals surface area (Å²) in [7, 11) is 0. The van der Waals surface area contributed by atoms with E-state index in [2.05, 4.69) is 0 Å². The molecule has 0 heterocycles. The van der Waals surface area contributed by atoms with Gasteiger partial charge in [-0.05, 0) is 30.2 Å². The zero-order valence-corrected chi connectivity index (χ0v) is 14.1. The minimum absolute atomic E-state index is 0. The minimum Gasteiger partial charge on any atom is -1.00 e. The molecule has 1 atom stereocenters. The zero-order valence-electron chi connectivity index (χ0n) is 15.1. The second kappa shape index (κ2) is 11.7. The van der Waals surface area contributed by atoms with Crippen LogP contribution in [0.1, 0.15) is 19.5 Å². The van der Waals surface area contributed by atoms with Gasteiger partial charge in [0.25, 0.3) is 0 Å². The van der Waals surface area contributed by atoms with E-state index in [4.69, 9.17) is 14.6 Å². The monoisotopic (exact) mass is 326 g/mol. The molecule has 0 spiro atoms. The Morgan fingerprint density at radius 2 is 1.71 bits per heavy atom. The van der Waals surface area contributed by atoms with E-state index in [0.717, 1.165) is 16.9 Å². The molecule has 0 bridgehead atoms. The average Bonchev–Trinajstić information content (AvgIpc) is 2.54. The van der Waals surface area contributed by atoms with Gasteiger partial charge >= 0.3 is 24.8 Å². The Morgan fingerprint density at radius 3 is 2.25 bits per heavy atom. The third-order valence-electron chi connectivity index (χ3n) is 3.24. The number of aliphatic carboxylic acids is 1. The molecule has 0 aliphatic heterocycles. The maximum atomic E-state index is 11.1. The fourth-order valence-corrected chi connectivity index (χ4v) is 2.10. The van der Waals surface area contributed by atoms with Gasteiger partial charge in [-0.3, -0.25) is 0 Å². The van der Waals surface area contributed by atoms with Gasteiger partial charge in [0.2, 0.25) is 0 Å². The van der Waals surface area contributed by atoms with Crippen LogP contribution in [0.5, 0.6) is 5.75 Å². The van der Waals surface area contributed by atoms with Crippen LogP contribution in [0.4, 0.5) is 0 Å². The van der Waals surface area contributed by atoms with Gasteiger partial charge in [-0.2, -0.15) is 0 Å². The van der Waals surface area contributed by atoms with E-state index in [1.54, 1.807) is 6.92 Å². The van der Waals surface area contributed by atoms with E-state index in [0.29, 0.717) is 19.6 Å². The molecule has 2 rings (SSSR count).